The molecule has 204 valence electrons. The highest BCUT2D eigenvalue weighted by Crippen LogP contribution is 2.33. The maximum atomic E-state index is 13.4. The number of hydrogen-bond donors (Lipinski definition) is 2. The molecule has 5 rings (SSSR count). The van der Waals surface area contributed by atoms with Gasteiger partial charge < -0.3 is 29.9 Å². The number of methoxy groups -OCH3 is 1. The first-order valence-electron chi connectivity index (χ1n) is 13.8. The van der Waals surface area contributed by atoms with Crippen molar-refractivity contribution in [2.24, 2.45) is 5.92 Å². The molecule has 0 spiro atoms. The van der Waals surface area contributed by atoms with E-state index in [9.17, 15) is 9.59 Å². The molecule has 38 heavy (non-hydrogen) atoms. The lowest BCUT2D eigenvalue weighted by atomic mass is 10.1. The van der Waals surface area contributed by atoms with Gasteiger partial charge in [0.2, 0.25) is 5.91 Å². The number of rotatable bonds is 10. The van der Waals surface area contributed by atoms with Crippen LogP contribution in [0.3, 0.4) is 0 Å². The van der Waals surface area contributed by atoms with Gasteiger partial charge >= 0.3 is 0 Å². The molecule has 0 atom stereocenters. The largest absolute Gasteiger partial charge is 0.495 e. The van der Waals surface area contributed by atoms with Crippen LogP contribution in [0.1, 0.15) is 29.6 Å². The monoisotopic (exact) mass is 521 g/mol. The zero-order chi connectivity index (χ0) is 26.3. The molecule has 0 bridgehead atoms. The van der Waals surface area contributed by atoms with Gasteiger partial charge in [0.25, 0.3) is 5.91 Å². The Bertz CT molecular complexity index is 1110. The summed E-state index contributed by atoms with van der Waals surface area (Å²) in [6.45, 7) is 8.20. The molecular weight excluding hydrogens is 482 g/mol. The maximum absolute atomic E-state index is 13.4. The van der Waals surface area contributed by atoms with Crippen LogP contribution in [0, 0.1) is 5.92 Å². The van der Waals surface area contributed by atoms with E-state index in [4.69, 9.17) is 9.47 Å². The molecule has 0 aromatic heterocycles. The van der Waals surface area contributed by atoms with Gasteiger partial charge in [0.05, 0.1) is 31.6 Å². The molecular formula is C29H39N5O4. The number of ether oxygens (including phenoxy) is 2. The van der Waals surface area contributed by atoms with Crippen molar-refractivity contribution in [2.75, 3.05) is 87.8 Å². The summed E-state index contributed by atoms with van der Waals surface area (Å²) >= 11 is 0. The summed E-state index contributed by atoms with van der Waals surface area (Å²) in [5, 5.41) is 6.12. The van der Waals surface area contributed by atoms with Crippen LogP contribution < -0.4 is 25.2 Å². The van der Waals surface area contributed by atoms with Gasteiger partial charge in [-0.3, -0.25) is 14.5 Å². The van der Waals surface area contributed by atoms with Crippen LogP contribution in [0.4, 0.5) is 17.1 Å². The van der Waals surface area contributed by atoms with Gasteiger partial charge in [-0.05, 0) is 56.1 Å². The number of nitrogens with one attached hydrogen (secondary N) is 2. The highest BCUT2D eigenvalue weighted by atomic mass is 16.5. The van der Waals surface area contributed by atoms with Crippen LogP contribution in [-0.2, 0) is 9.53 Å². The molecule has 2 N–H and O–H groups in total. The van der Waals surface area contributed by atoms with E-state index in [1.54, 1.807) is 7.11 Å². The molecule has 2 heterocycles. The Labute approximate surface area is 225 Å². The predicted molar refractivity (Wildman–Crippen MR) is 149 cm³/mol. The van der Waals surface area contributed by atoms with Crippen molar-refractivity contribution in [3.8, 4) is 5.75 Å². The number of morpholine rings is 1. The van der Waals surface area contributed by atoms with E-state index in [2.05, 4.69) is 31.4 Å². The second-order valence-corrected chi connectivity index (χ2v) is 10.2. The number of amides is 2. The Hall–Kier alpha value is -3.30. The zero-order valence-electron chi connectivity index (χ0n) is 22.3. The Kier molecular flexibility index (Phi) is 8.65. The molecule has 0 radical (unpaired) electrons. The highest BCUT2D eigenvalue weighted by Gasteiger charge is 2.30. The summed E-state index contributed by atoms with van der Waals surface area (Å²) in [7, 11) is 1.70. The van der Waals surface area contributed by atoms with Crippen molar-refractivity contribution in [1.29, 1.82) is 0 Å². The lowest BCUT2D eigenvalue weighted by molar-refractivity contribution is -0.117. The van der Waals surface area contributed by atoms with E-state index < -0.39 is 0 Å². The fourth-order valence-corrected chi connectivity index (χ4v) is 5.17. The van der Waals surface area contributed by atoms with Gasteiger partial charge in [0.15, 0.2) is 0 Å². The van der Waals surface area contributed by atoms with E-state index in [1.807, 2.05) is 36.4 Å². The van der Waals surface area contributed by atoms with Crippen LogP contribution >= 0.6 is 0 Å². The second kappa shape index (κ2) is 12.5. The standard InChI is InChI=1S/C29H39N5O4/c1-37-27-6-3-2-5-26(27)34-15-13-33(14-16-34)25-10-9-23(31-28(35)22-7-8-22)21-24(25)29(36)30-11-4-12-32-17-19-38-20-18-32/h2-3,5-6,9-10,21-22H,4,7-8,11-20H2,1H3,(H,30,36)(H,31,35). The quantitative estimate of drug-likeness (QED) is 0.465. The summed E-state index contributed by atoms with van der Waals surface area (Å²) in [5.41, 5.74) is 3.28. The molecule has 2 aromatic rings. The van der Waals surface area contributed by atoms with Crippen molar-refractivity contribution in [3.05, 3.63) is 48.0 Å². The van der Waals surface area contributed by atoms with E-state index in [0.717, 1.165) is 95.4 Å². The fraction of sp³-hybridized carbons (Fsp3) is 0.517. The number of benzene rings is 2. The third kappa shape index (κ3) is 6.57. The summed E-state index contributed by atoms with van der Waals surface area (Å²) in [5.74, 6) is 0.917. The summed E-state index contributed by atoms with van der Waals surface area (Å²) in [6.07, 6.45) is 2.77. The predicted octanol–water partition coefficient (Wildman–Crippen LogP) is 2.82. The summed E-state index contributed by atoms with van der Waals surface area (Å²) < 4.78 is 11.0. The van der Waals surface area contributed by atoms with Crippen LogP contribution in [0.25, 0.3) is 0 Å². The maximum Gasteiger partial charge on any atom is 0.253 e. The van der Waals surface area contributed by atoms with Crippen LogP contribution in [0.2, 0.25) is 0 Å². The van der Waals surface area contributed by atoms with Crippen molar-refractivity contribution in [3.63, 3.8) is 0 Å². The number of carbonyl (C=O) groups excluding carboxylic acids is 2. The SMILES string of the molecule is COc1ccccc1N1CCN(c2ccc(NC(=O)C3CC3)cc2C(=O)NCCCN2CCOCC2)CC1. The first kappa shape index (κ1) is 26.3. The van der Waals surface area contributed by atoms with E-state index in [-0.39, 0.29) is 17.7 Å². The molecule has 1 aliphatic carbocycles. The first-order valence-corrected chi connectivity index (χ1v) is 13.8. The fourth-order valence-electron chi connectivity index (χ4n) is 5.17. The molecule has 0 unspecified atom stereocenters. The number of hydrogen-bond acceptors (Lipinski definition) is 7. The van der Waals surface area contributed by atoms with Crippen molar-refractivity contribution in [2.45, 2.75) is 19.3 Å². The number of anilines is 3. The van der Waals surface area contributed by atoms with Crippen LogP contribution in [0.5, 0.6) is 5.75 Å². The minimum atomic E-state index is -0.100. The second-order valence-electron chi connectivity index (χ2n) is 10.2. The molecule has 1 saturated carbocycles. The van der Waals surface area contributed by atoms with Crippen molar-refractivity contribution in [1.82, 2.24) is 10.2 Å². The molecule has 3 fully saturated rings. The highest BCUT2D eigenvalue weighted by molar-refractivity contribution is 6.02. The van der Waals surface area contributed by atoms with Crippen LogP contribution in [-0.4, -0.2) is 89.4 Å². The van der Waals surface area contributed by atoms with Gasteiger partial charge in [0.1, 0.15) is 5.75 Å². The third-order valence-corrected chi connectivity index (χ3v) is 7.54. The number of nitrogens with zero attached hydrogens (tertiary/aromatic N) is 3. The van der Waals surface area contributed by atoms with E-state index >= 15 is 0 Å². The number of piperazine rings is 1. The van der Waals surface area contributed by atoms with Crippen molar-refractivity contribution >= 4 is 28.9 Å². The van der Waals surface area contributed by atoms with Gasteiger partial charge in [0, 0.05) is 63.1 Å². The first-order chi connectivity index (χ1) is 18.6. The summed E-state index contributed by atoms with van der Waals surface area (Å²) in [4.78, 5) is 32.7. The molecule has 2 saturated heterocycles. The molecule has 9 heteroatoms. The molecule has 2 amide bonds. The van der Waals surface area contributed by atoms with E-state index in [1.165, 1.54) is 0 Å². The molecule has 3 aliphatic rings. The van der Waals surface area contributed by atoms with E-state index in [0.29, 0.717) is 17.8 Å². The Morgan fingerprint density at radius 1 is 0.947 bits per heavy atom. The minimum absolute atomic E-state index is 0.0417. The average Bonchev–Trinajstić information content (AvgIpc) is 3.82. The molecule has 2 aliphatic heterocycles. The summed E-state index contributed by atoms with van der Waals surface area (Å²) in [6, 6.07) is 13.8. The molecule has 9 nitrogen and oxygen atoms in total. The molecule has 2 aromatic carbocycles. The minimum Gasteiger partial charge on any atom is -0.495 e. The Morgan fingerprint density at radius 2 is 1.66 bits per heavy atom. The van der Waals surface area contributed by atoms with Crippen LogP contribution in [0.15, 0.2) is 42.5 Å². The Balaban J connectivity index is 1.25. The number of para-hydroxylation sites is 2. The average molecular weight is 522 g/mol. The van der Waals surface area contributed by atoms with Gasteiger partial charge in [-0.25, -0.2) is 0 Å². The Morgan fingerprint density at radius 3 is 2.37 bits per heavy atom. The lowest BCUT2D eigenvalue weighted by Crippen LogP contribution is -2.47. The van der Waals surface area contributed by atoms with Gasteiger partial charge in [-0.15, -0.1) is 0 Å². The van der Waals surface area contributed by atoms with Gasteiger partial charge in [-0.2, -0.15) is 0 Å². The third-order valence-electron chi connectivity index (χ3n) is 7.54. The van der Waals surface area contributed by atoms with Crippen molar-refractivity contribution < 1.29 is 19.1 Å². The number of carbonyl (C=O) groups is 2. The zero-order valence-corrected chi connectivity index (χ0v) is 22.3. The lowest BCUT2D eigenvalue weighted by Gasteiger charge is -2.38. The van der Waals surface area contributed by atoms with Gasteiger partial charge in [-0.1, -0.05) is 12.1 Å². The smallest absolute Gasteiger partial charge is 0.253 e. The normalized spacial score (nSPS) is 18.2. The topological polar surface area (TPSA) is 86.4 Å².